The van der Waals surface area contributed by atoms with Crippen LogP contribution in [0.3, 0.4) is 0 Å². The van der Waals surface area contributed by atoms with Crippen molar-refractivity contribution >= 4 is 6.21 Å². The molecule has 32 heavy (non-hydrogen) atoms. The van der Waals surface area contributed by atoms with Crippen LogP contribution in [0.4, 0.5) is 8.78 Å². The number of H-pyrrole nitrogens is 1. The molecule has 2 aromatic carbocycles. The molecule has 160 valence electrons. The van der Waals surface area contributed by atoms with E-state index >= 15 is 0 Å². The van der Waals surface area contributed by atoms with E-state index in [2.05, 4.69) is 25.3 Å². The van der Waals surface area contributed by atoms with Gasteiger partial charge in [-0.1, -0.05) is 18.2 Å². The summed E-state index contributed by atoms with van der Waals surface area (Å²) in [6.07, 6.45) is 1.62. The van der Waals surface area contributed by atoms with Crippen molar-refractivity contribution in [3.05, 3.63) is 83.3 Å². The summed E-state index contributed by atoms with van der Waals surface area (Å²) in [6.45, 7) is 0.830. The van der Waals surface area contributed by atoms with Gasteiger partial charge in [0.1, 0.15) is 11.6 Å². The summed E-state index contributed by atoms with van der Waals surface area (Å²) in [6, 6.07) is 15.4. The van der Waals surface area contributed by atoms with Crippen molar-refractivity contribution in [2.24, 2.45) is 5.10 Å². The Balaban J connectivity index is 1.30. The van der Waals surface area contributed by atoms with Gasteiger partial charge in [0.25, 0.3) is 0 Å². The highest BCUT2D eigenvalue weighted by Gasteiger charge is 2.20. The van der Waals surface area contributed by atoms with Crippen LogP contribution in [0.25, 0.3) is 22.6 Å². The smallest absolute Gasteiger partial charge is 0.169 e. The standard InChI is InChI=1S/C23H18F2N6O/c1-32-16-5-2-4-14(10-16)19-9-8-15(29-30-19)12-31-13-21-20(11-26-31)27-23(28-21)17-6-3-7-18(24)22(17)25/h2-11H,12-13H2,1H3,(H,27,28). The first-order chi connectivity index (χ1) is 15.6. The van der Waals surface area contributed by atoms with Crippen molar-refractivity contribution in [1.29, 1.82) is 0 Å². The van der Waals surface area contributed by atoms with Crippen LogP contribution in [-0.4, -0.2) is 38.5 Å². The topological polar surface area (TPSA) is 79.3 Å². The van der Waals surface area contributed by atoms with E-state index in [4.69, 9.17) is 4.74 Å². The van der Waals surface area contributed by atoms with E-state index in [1.807, 2.05) is 36.4 Å². The van der Waals surface area contributed by atoms with Gasteiger partial charge in [-0.15, -0.1) is 0 Å². The maximum absolute atomic E-state index is 14.1. The number of nitrogens with one attached hydrogen (secondary N) is 1. The summed E-state index contributed by atoms with van der Waals surface area (Å²) in [5.74, 6) is -0.826. The van der Waals surface area contributed by atoms with Crippen LogP contribution in [0, 0.1) is 11.6 Å². The number of hydrogen-bond acceptors (Lipinski definition) is 6. The first-order valence-electron chi connectivity index (χ1n) is 9.90. The van der Waals surface area contributed by atoms with E-state index in [0.717, 1.165) is 28.8 Å². The van der Waals surface area contributed by atoms with E-state index in [1.54, 1.807) is 18.3 Å². The molecule has 0 fully saturated rings. The summed E-state index contributed by atoms with van der Waals surface area (Å²) >= 11 is 0. The number of benzene rings is 2. The summed E-state index contributed by atoms with van der Waals surface area (Å²) < 4.78 is 32.9. The fourth-order valence-corrected chi connectivity index (χ4v) is 3.48. The molecule has 0 aliphatic carbocycles. The maximum Gasteiger partial charge on any atom is 0.169 e. The molecule has 0 amide bonds. The van der Waals surface area contributed by atoms with E-state index in [-0.39, 0.29) is 11.4 Å². The minimum absolute atomic E-state index is 0.0818. The predicted octanol–water partition coefficient (Wildman–Crippen LogP) is 4.17. The average Bonchev–Trinajstić information content (AvgIpc) is 3.24. The van der Waals surface area contributed by atoms with E-state index in [9.17, 15) is 8.78 Å². The maximum atomic E-state index is 14.1. The third-order valence-electron chi connectivity index (χ3n) is 5.13. The largest absolute Gasteiger partial charge is 0.497 e. The van der Waals surface area contributed by atoms with E-state index < -0.39 is 11.6 Å². The van der Waals surface area contributed by atoms with Gasteiger partial charge in [0.15, 0.2) is 11.6 Å². The predicted molar refractivity (Wildman–Crippen MR) is 115 cm³/mol. The number of hydrazone groups is 1. The zero-order valence-corrected chi connectivity index (χ0v) is 17.1. The molecule has 9 heteroatoms. The molecule has 0 atom stereocenters. The van der Waals surface area contributed by atoms with Crippen LogP contribution in [0.1, 0.15) is 17.1 Å². The van der Waals surface area contributed by atoms with Gasteiger partial charge in [0, 0.05) is 5.56 Å². The minimum atomic E-state index is -0.932. The minimum Gasteiger partial charge on any atom is -0.497 e. The van der Waals surface area contributed by atoms with Gasteiger partial charge in [0.2, 0.25) is 0 Å². The van der Waals surface area contributed by atoms with Crippen molar-refractivity contribution in [3.8, 4) is 28.4 Å². The van der Waals surface area contributed by atoms with Crippen LogP contribution in [0.15, 0.2) is 59.7 Å². The molecule has 7 nitrogen and oxygen atoms in total. The van der Waals surface area contributed by atoms with Gasteiger partial charge in [0.05, 0.1) is 54.8 Å². The van der Waals surface area contributed by atoms with E-state index in [0.29, 0.717) is 24.5 Å². The lowest BCUT2D eigenvalue weighted by atomic mass is 10.1. The molecule has 0 saturated heterocycles. The number of hydrogen-bond donors (Lipinski definition) is 1. The van der Waals surface area contributed by atoms with Crippen LogP contribution in [-0.2, 0) is 13.1 Å². The lowest BCUT2D eigenvalue weighted by Gasteiger charge is -2.20. The molecule has 3 heterocycles. The third kappa shape index (κ3) is 3.80. The molecule has 0 unspecified atom stereocenters. The Bertz CT molecular complexity index is 1300. The number of aromatic amines is 1. The zero-order chi connectivity index (χ0) is 22.1. The normalized spacial score (nSPS) is 12.7. The van der Waals surface area contributed by atoms with Gasteiger partial charge in [-0.05, 0) is 36.4 Å². The molecule has 4 aromatic rings. The molecule has 5 rings (SSSR count). The fraction of sp³-hybridized carbons (Fsp3) is 0.130. The second kappa shape index (κ2) is 8.18. The van der Waals surface area contributed by atoms with Gasteiger partial charge in [-0.25, -0.2) is 13.8 Å². The number of halogens is 2. The summed E-state index contributed by atoms with van der Waals surface area (Å²) in [4.78, 5) is 7.45. The quantitative estimate of drug-likeness (QED) is 0.512. The Morgan fingerprint density at radius 1 is 1.06 bits per heavy atom. The molecule has 2 aromatic heterocycles. The molecule has 1 aliphatic heterocycles. The monoisotopic (exact) mass is 432 g/mol. The second-order valence-corrected chi connectivity index (χ2v) is 7.26. The molecule has 1 N–H and O–H groups in total. The molecule has 0 radical (unpaired) electrons. The van der Waals surface area contributed by atoms with Crippen LogP contribution in [0.2, 0.25) is 0 Å². The Hall–Kier alpha value is -4.14. The van der Waals surface area contributed by atoms with Gasteiger partial charge in [-0.3, -0.25) is 5.01 Å². The van der Waals surface area contributed by atoms with Gasteiger partial charge < -0.3 is 9.72 Å². The number of ether oxygens (including phenoxy) is 1. The number of nitrogens with zero attached hydrogens (tertiary/aromatic N) is 5. The molecule has 0 spiro atoms. The van der Waals surface area contributed by atoms with Crippen molar-refractivity contribution in [2.75, 3.05) is 7.11 Å². The SMILES string of the molecule is COc1cccc(-c2ccc(CN3Cc4nc(-c5cccc(F)c5F)[nH]c4C=N3)nn2)c1. The van der Waals surface area contributed by atoms with Gasteiger partial charge in [-0.2, -0.15) is 15.3 Å². The molecular weight excluding hydrogens is 414 g/mol. The lowest BCUT2D eigenvalue weighted by Crippen LogP contribution is -2.22. The number of fused-ring (bicyclic) bond motifs is 1. The number of aromatic nitrogens is 4. The summed E-state index contributed by atoms with van der Waals surface area (Å²) in [5.41, 5.74) is 3.84. The highest BCUT2D eigenvalue weighted by molar-refractivity contribution is 5.80. The average molecular weight is 432 g/mol. The lowest BCUT2D eigenvalue weighted by molar-refractivity contribution is 0.261. The van der Waals surface area contributed by atoms with Crippen molar-refractivity contribution in [1.82, 2.24) is 25.2 Å². The summed E-state index contributed by atoms with van der Waals surface area (Å²) in [7, 11) is 1.62. The van der Waals surface area contributed by atoms with Crippen molar-refractivity contribution in [3.63, 3.8) is 0 Å². The summed E-state index contributed by atoms with van der Waals surface area (Å²) in [5, 5.41) is 14.8. The molecule has 0 saturated carbocycles. The Labute approximate surface area is 182 Å². The second-order valence-electron chi connectivity index (χ2n) is 7.26. The van der Waals surface area contributed by atoms with Crippen molar-refractivity contribution < 1.29 is 13.5 Å². The number of methoxy groups -OCH3 is 1. The zero-order valence-electron chi connectivity index (χ0n) is 17.1. The van der Waals surface area contributed by atoms with Crippen LogP contribution in [0.5, 0.6) is 5.75 Å². The molecule has 1 aliphatic rings. The third-order valence-corrected chi connectivity index (χ3v) is 5.13. The Morgan fingerprint density at radius 2 is 1.94 bits per heavy atom. The first-order valence-corrected chi connectivity index (χ1v) is 9.90. The molecular formula is C23H18F2N6O. The molecule has 0 bridgehead atoms. The van der Waals surface area contributed by atoms with Crippen molar-refractivity contribution in [2.45, 2.75) is 13.1 Å². The Morgan fingerprint density at radius 3 is 2.75 bits per heavy atom. The van der Waals surface area contributed by atoms with Crippen LogP contribution >= 0.6 is 0 Å². The number of imidazole rings is 1. The Kier molecular flexibility index (Phi) is 5.06. The van der Waals surface area contributed by atoms with Crippen LogP contribution < -0.4 is 4.74 Å². The number of rotatable bonds is 5. The van der Waals surface area contributed by atoms with Gasteiger partial charge >= 0.3 is 0 Å². The highest BCUT2D eigenvalue weighted by atomic mass is 19.2. The first kappa shape index (κ1) is 19.8. The fourth-order valence-electron chi connectivity index (χ4n) is 3.48. The van der Waals surface area contributed by atoms with E-state index in [1.165, 1.54) is 12.1 Å². The highest BCUT2D eigenvalue weighted by Crippen LogP contribution is 2.25.